The number of hydrogen-bond donors (Lipinski definition) is 0. The van der Waals surface area contributed by atoms with Gasteiger partial charge in [-0.3, -0.25) is 4.68 Å². The maximum atomic E-state index is 12.1. The van der Waals surface area contributed by atoms with Gasteiger partial charge in [0.05, 0.1) is 24.7 Å². The number of aryl methyl sites for hydroxylation is 1. The van der Waals surface area contributed by atoms with E-state index >= 15 is 0 Å². The number of aromatic nitrogens is 3. The Hall–Kier alpha value is -0.990. The van der Waals surface area contributed by atoms with Crippen molar-refractivity contribution in [2.75, 3.05) is 6.67 Å². The second kappa shape index (κ2) is 5.33. The Morgan fingerprint density at radius 1 is 1.44 bits per heavy atom. The molecule has 0 saturated heterocycles. The van der Waals surface area contributed by atoms with E-state index in [-0.39, 0.29) is 16.6 Å². The summed E-state index contributed by atoms with van der Waals surface area (Å²) in [6.07, 6.45) is 4.21. The first-order valence-corrected chi connectivity index (χ1v) is 7.77. The quantitative estimate of drug-likeness (QED) is 0.846. The van der Waals surface area contributed by atoms with E-state index in [4.69, 9.17) is 11.6 Å². The highest BCUT2D eigenvalue weighted by atomic mass is 35.5. The third kappa shape index (κ3) is 3.06. The first kappa shape index (κ1) is 13.4. The number of sulfone groups is 1. The number of nitrogens with zero attached hydrogens (tertiary/aromatic N) is 3. The van der Waals surface area contributed by atoms with E-state index in [1.807, 2.05) is 0 Å². The largest absolute Gasteiger partial charge is 0.270 e. The van der Waals surface area contributed by atoms with Crippen LogP contribution in [0.3, 0.4) is 0 Å². The molecule has 2 aromatic rings. The molecule has 0 aliphatic rings. The van der Waals surface area contributed by atoms with Gasteiger partial charge in [-0.1, -0.05) is 22.9 Å². The van der Waals surface area contributed by atoms with Gasteiger partial charge in [0.2, 0.25) is 14.2 Å². The summed E-state index contributed by atoms with van der Waals surface area (Å²) in [6.45, 7) is -0.431. The summed E-state index contributed by atoms with van der Waals surface area (Å²) in [5, 5.41) is 3.86. The van der Waals surface area contributed by atoms with Gasteiger partial charge in [0.15, 0.2) is 0 Å². The SMILES string of the molecule is O=S(=O)(Cc1cnn(CCF)c1)c1ncc(Cl)s1. The van der Waals surface area contributed by atoms with E-state index in [1.165, 1.54) is 23.3 Å². The Labute approximate surface area is 112 Å². The van der Waals surface area contributed by atoms with E-state index in [2.05, 4.69) is 10.1 Å². The monoisotopic (exact) mass is 309 g/mol. The molecular weight excluding hydrogens is 301 g/mol. The Bertz CT molecular complexity index is 638. The van der Waals surface area contributed by atoms with Gasteiger partial charge < -0.3 is 0 Å². The lowest BCUT2D eigenvalue weighted by atomic mass is 10.4. The molecule has 2 aromatic heterocycles. The van der Waals surface area contributed by atoms with Crippen LogP contribution in [0.15, 0.2) is 22.9 Å². The molecule has 0 bridgehead atoms. The van der Waals surface area contributed by atoms with Crippen molar-refractivity contribution in [3.05, 3.63) is 28.5 Å². The molecule has 0 radical (unpaired) electrons. The third-order valence-electron chi connectivity index (χ3n) is 2.08. The van der Waals surface area contributed by atoms with Crippen LogP contribution < -0.4 is 0 Å². The fourth-order valence-electron chi connectivity index (χ4n) is 1.35. The molecule has 0 saturated carbocycles. The average Bonchev–Trinajstić information content (AvgIpc) is 2.88. The Morgan fingerprint density at radius 3 is 2.83 bits per heavy atom. The minimum Gasteiger partial charge on any atom is -0.270 e. The molecule has 2 heterocycles. The summed E-state index contributed by atoms with van der Waals surface area (Å²) >= 11 is 6.56. The minimum atomic E-state index is -3.52. The second-order valence-corrected chi connectivity index (χ2v) is 7.32. The number of halogens is 2. The minimum absolute atomic E-state index is 0.0225. The summed E-state index contributed by atoms with van der Waals surface area (Å²) in [4.78, 5) is 3.74. The van der Waals surface area contributed by atoms with Gasteiger partial charge in [-0.25, -0.2) is 17.8 Å². The molecule has 0 fully saturated rings. The van der Waals surface area contributed by atoms with Crippen molar-refractivity contribution in [1.82, 2.24) is 14.8 Å². The van der Waals surface area contributed by atoms with Crippen molar-refractivity contribution in [2.45, 2.75) is 16.6 Å². The zero-order valence-electron chi connectivity index (χ0n) is 9.08. The molecule has 2 rings (SSSR count). The average molecular weight is 310 g/mol. The fraction of sp³-hybridized carbons (Fsp3) is 0.333. The van der Waals surface area contributed by atoms with Gasteiger partial charge in [0, 0.05) is 11.8 Å². The maximum Gasteiger partial charge on any atom is 0.210 e. The lowest BCUT2D eigenvalue weighted by molar-refractivity contribution is 0.427. The zero-order valence-corrected chi connectivity index (χ0v) is 11.5. The molecular formula is C9H9ClFN3O2S2. The molecule has 5 nitrogen and oxygen atoms in total. The first-order valence-electron chi connectivity index (χ1n) is 4.92. The normalized spacial score (nSPS) is 11.9. The number of alkyl halides is 1. The van der Waals surface area contributed by atoms with Crippen molar-refractivity contribution < 1.29 is 12.8 Å². The van der Waals surface area contributed by atoms with Gasteiger partial charge >= 0.3 is 0 Å². The Balaban J connectivity index is 2.17. The molecule has 0 aliphatic heterocycles. The number of rotatable bonds is 5. The number of hydrogen-bond acceptors (Lipinski definition) is 5. The molecule has 0 atom stereocenters. The highest BCUT2D eigenvalue weighted by Gasteiger charge is 2.20. The first-order chi connectivity index (χ1) is 8.51. The van der Waals surface area contributed by atoms with Crippen molar-refractivity contribution >= 4 is 32.8 Å². The predicted octanol–water partition coefficient (Wildman–Crippen LogP) is 1.94. The van der Waals surface area contributed by atoms with Crippen LogP contribution >= 0.6 is 22.9 Å². The van der Waals surface area contributed by atoms with Gasteiger partial charge in [-0.05, 0) is 0 Å². The van der Waals surface area contributed by atoms with Crippen LogP contribution in [0.4, 0.5) is 4.39 Å². The van der Waals surface area contributed by atoms with Crippen molar-refractivity contribution in [3.63, 3.8) is 0 Å². The molecule has 98 valence electrons. The summed E-state index contributed by atoms with van der Waals surface area (Å²) in [6, 6.07) is 0. The molecule has 0 unspecified atom stereocenters. The van der Waals surface area contributed by atoms with E-state index < -0.39 is 16.5 Å². The molecule has 0 aliphatic carbocycles. The fourth-order valence-corrected chi connectivity index (χ4v) is 4.02. The van der Waals surface area contributed by atoms with E-state index in [0.717, 1.165) is 11.3 Å². The van der Waals surface area contributed by atoms with Crippen molar-refractivity contribution in [1.29, 1.82) is 0 Å². The molecule has 18 heavy (non-hydrogen) atoms. The Kier molecular flexibility index (Phi) is 3.98. The van der Waals surface area contributed by atoms with Crippen molar-refractivity contribution in [3.8, 4) is 0 Å². The molecule has 0 aromatic carbocycles. The molecule has 9 heteroatoms. The van der Waals surface area contributed by atoms with E-state index in [0.29, 0.717) is 9.90 Å². The van der Waals surface area contributed by atoms with Gasteiger partial charge in [0.25, 0.3) is 0 Å². The zero-order chi connectivity index (χ0) is 13.2. The summed E-state index contributed by atoms with van der Waals surface area (Å²) in [7, 11) is -3.52. The van der Waals surface area contributed by atoms with Crippen LogP contribution in [-0.2, 0) is 22.1 Å². The van der Waals surface area contributed by atoms with Gasteiger partial charge in [-0.15, -0.1) is 0 Å². The van der Waals surface area contributed by atoms with Crippen LogP contribution in [0.5, 0.6) is 0 Å². The highest BCUT2D eigenvalue weighted by Crippen LogP contribution is 2.25. The van der Waals surface area contributed by atoms with Crippen LogP contribution in [0.1, 0.15) is 5.56 Å². The van der Waals surface area contributed by atoms with Crippen LogP contribution in [-0.4, -0.2) is 29.9 Å². The summed E-state index contributed by atoms with van der Waals surface area (Å²) in [5.41, 5.74) is 0.495. The lowest BCUT2D eigenvalue weighted by Gasteiger charge is -1.97. The number of thiazole rings is 1. The third-order valence-corrected chi connectivity index (χ3v) is 5.35. The molecule has 0 N–H and O–H groups in total. The van der Waals surface area contributed by atoms with Crippen LogP contribution in [0.2, 0.25) is 4.34 Å². The molecule has 0 amide bonds. The summed E-state index contributed by atoms with van der Waals surface area (Å²) in [5.74, 6) is -0.219. The van der Waals surface area contributed by atoms with Crippen LogP contribution in [0.25, 0.3) is 0 Å². The molecule has 0 spiro atoms. The standard InChI is InChI=1S/C9H9ClFN3O2S2/c10-8-4-12-9(17-8)18(15,16)6-7-3-13-14(5-7)2-1-11/h3-5H,1-2,6H2. The lowest BCUT2D eigenvalue weighted by Crippen LogP contribution is -2.04. The predicted molar refractivity (Wildman–Crippen MR) is 66.2 cm³/mol. The van der Waals surface area contributed by atoms with Crippen molar-refractivity contribution in [2.24, 2.45) is 0 Å². The van der Waals surface area contributed by atoms with Crippen LogP contribution in [0, 0.1) is 0 Å². The Morgan fingerprint density at radius 2 is 2.22 bits per heavy atom. The smallest absolute Gasteiger partial charge is 0.210 e. The van der Waals surface area contributed by atoms with Gasteiger partial charge in [0.1, 0.15) is 11.0 Å². The van der Waals surface area contributed by atoms with E-state index in [9.17, 15) is 12.8 Å². The van der Waals surface area contributed by atoms with E-state index in [1.54, 1.807) is 0 Å². The second-order valence-electron chi connectivity index (χ2n) is 3.49. The topological polar surface area (TPSA) is 64.8 Å². The van der Waals surface area contributed by atoms with Gasteiger partial charge in [-0.2, -0.15) is 5.10 Å². The maximum absolute atomic E-state index is 12.1. The highest BCUT2D eigenvalue weighted by molar-refractivity contribution is 7.92. The summed E-state index contributed by atoms with van der Waals surface area (Å²) < 4.78 is 37.7.